The first-order valence-electron chi connectivity index (χ1n) is 20.9. The number of carboxylic acid groups (broad SMARTS) is 1. The summed E-state index contributed by atoms with van der Waals surface area (Å²) in [5.41, 5.74) is 5.59. The number of aromatic nitrogens is 4. The van der Waals surface area contributed by atoms with E-state index in [9.17, 15) is 19.5 Å². The van der Waals surface area contributed by atoms with E-state index in [1.807, 2.05) is 44.3 Å². The number of rotatable bonds is 11. The van der Waals surface area contributed by atoms with Crippen molar-refractivity contribution in [2.75, 3.05) is 26.2 Å². The van der Waals surface area contributed by atoms with Crippen molar-refractivity contribution in [2.24, 2.45) is 5.92 Å². The summed E-state index contributed by atoms with van der Waals surface area (Å²) in [6.45, 7) is 6.83. The maximum Gasteiger partial charge on any atom is 0.405 e. The maximum atomic E-state index is 14.4. The molecule has 0 saturated carbocycles. The second-order valence-corrected chi connectivity index (χ2v) is 17.4. The van der Waals surface area contributed by atoms with Crippen LogP contribution in [0.5, 0.6) is 0 Å². The Labute approximate surface area is 346 Å². The molecular weight excluding hydrogens is 765 g/mol. The summed E-state index contributed by atoms with van der Waals surface area (Å²) in [5, 5.41) is 11.7. The minimum atomic E-state index is -1.21. The van der Waals surface area contributed by atoms with Gasteiger partial charge >= 0.3 is 6.09 Å². The molecule has 4 aromatic heterocycles. The Morgan fingerprint density at radius 1 is 0.780 bits per heavy atom. The molecule has 0 bridgehead atoms. The molecule has 1 unspecified atom stereocenters. The van der Waals surface area contributed by atoms with Crippen LogP contribution in [0.25, 0.3) is 43.4 Å². The lowest BCUT2D eigenvalue weighted by Crippen LogP contribution is -2.50. The van der Waals surface area contributed by atoms with Crippen molar-refractivity contribution in [1.82, 2.24) is 40.0 Å². The molecule has 14 heteroatoms. The number of H-pyrrole nitrogens is 2. The SMILES string of the molecule is CC(C)[C@H](NC(=O)O)C(=O)N1CCCC1c1ncc(-c2cc3sc(-c4ccc(-c5cnc([C@@H]6CCCN6C(=O)[C@@H](c6ccccc6)N6CCCCC6)[nH]5)cc4)cc3o2)[nH]1. The van der Waals surface area contributed by atoms with Gasteiger partial charge in [0.05, 0.1) is 34.9 Å². The normalized spacial score (nSPS) is 19.8. The molecule has 306 valence electrons. The molecule has 4 atom stereocenters. The highest BCUT2D eigenvalue weighted by Gasteiger charge is 2.40. The van der Waals surface area contributed by atoms with Gasteiger partial charge < -0.3 is 34.6 Å². The number of carbonyl (C=O) groups is 3. The molecule has 3 amide bonds. The zero-order valence-corrected chi connectivity index (χ0v) is 34.2. The number of amides is 3. The number of thiophene rings is 1. The molecule has 7 heterocycles. The predicted molar refractivity (Wildman–Crippen MR) is 226 cm³/mol. The van der Waals surface area contributed by atoms with E-state index >= 15 is 0 Å². The van der Waals surface area contributed by atoms with Crippen molar-refractivity contribution in [2.45, 2.75) is 83.0 Å². The molecule has 3 fully saturated rings. The fraction of sp³-hybridized carbons (Fsp3) is 0.400. The third kappa shape index (κ3) is 7.78. The lowest BCUT2D eigenvalue weighted by Gasteiger charge is -2.37. The fourth-order valence-electron chi connectivity index (χ4n) is 9.14. The Kier molecular flexibility index (Phi) is 10.8. The second kappa shape index (κ2) is 16.5. The van der Waals surface area contributed by atoms with Gasteiger partial charge in [-0.1, -0.05) is 74.9 Å². The molecule has 3 saturated heterocycles. The van der Waals surface area contributed by atoms with Crippen LogP contribution in [0.15, 0.2) is 83.5 Å². The topological polar surface area (TPSA) is 164 Å². The third-order valence-corrected chi connectivity index (χ3v) is 13.3. The molecule has 4 N–H and O–H groups in total. The number of furan rings is 1. The van der Waals surface area contributed by atoms with Crippen LogP contribution in [0.1, 0.15) is 94.1 Å². The van der Waals surface area contributed by atoms with E-state index in [1.165, 1.54) is 6.42 Å². The summed E-state index contributed by atoms with van der Waals surface area (Å²) in [6, 6.07) is 21.3. The Morgan fingerprint density at radius 3 is 2.05 bits per heavy atom. The van der Waals surface area contributed by atoms with Crippen LogP contribution in [0.4, 0.5) is 4.79 Å². The molecular formula is C45H50N8O5S. The molecule has 2 aromatic carbocycles. The number of hydrogen-bond donors (Lipinski definition) is 4. The van der Waals surface area contributed by atoms with Gasteiger partial charge in [-0.2, -0.15) is 0 Å². The quantitative estimate of drug-likeness (QED) is 0.101. The monoisotopic (exact) mass is 814 g/mol. The minimum Gasteiger partial charge on any atom is -0.465 e. The Balaban J connectivity index is 0.871. The lowest BCUT2D eigenvalue weighted by atomic mass is 10.00. The summed E-state index contributed by atoms with van der Waals surface area (Å²) >= 11 is 1.65. The van der Waals surface area contributed by atoms with Crippen molar-refractivity contribution in [3.05, 3.63) is 96.3 Å². The molecule has 3 aliphatic heterocycles. The molecule has 0 radical (unpaired) electrons. The van der Waals surface area contributed by atoms with Crippen LogP contribution >= 0.6 is 11.3 Å². The van der Waals surface area contributed by atoms with Gasteiger partial charge in [-0.25, -0.2) is 14.8 Å². The average Bonchev–Trinajstić information content (AvgIpc) is 4.10. The van der Waals surface area contributed by atoms with Gasteiger partial charge in [-0.05, 0) is 74.2 Å². The summed E-state index contributed by atoms with van der Waals surface area (Å²) in [4.78, 5) is 62.8. The number of aromatic amines is 2. The Bertz CT molecular complexity index is 2400. The molecule has 13 nitrogen and oxygen atoms in total. The molecule has 9 rings (SSSR count). The van der Waals surface area contributed by atoms with Gasteiger partial charge in [0.25, 0.3) is 0 Å². The summed E-state index contributed by atoms with van der Waals surface area (Å²) in [7, 11) is 0. The second-order valence-electron chi connectivity index (χ2n) is 16.4. The number of carbonyl (C=O) groups excluding carboxylic acids is 2. The van der Waals surface area contributed by atoms with Crippen LogP contribution < -0.4 is 5.32 Å². The van der Waals surface area contributed by atoms with Gasteiger partial charge in [-0.3, -0.25) is 14.5 Å². The number of benzene rings is 2. The van der Waals surface area contributed by atoms with Gasteiger partial charge in [-0.15, -0.1) is 11.3 Å². The van der Waals surface area contributed by atoms with Crippen molar-refractivity contribution >= 4 is 39.5 Å². The van der Waals surface area contributed by atoms with Crippen molar-refractivity contribution < 1.29 is 23.9 Å². The molecule has 3 aliphatic rings. The van der Waals surface area contributed by atoms with Crippen LogP contribution in [-0.2, 0) is 9.59 Å². The van der Waals surface area contributed by atoms with E-state index in [2.05, 4.69) is 72.5 Å². The largest absolute Gasteiger partial charge is 0.465 e. The maximum absolute atomic E-state index is 14.4. The van der Waals surface area contributed by atoms with E-state index in [0.717, 1.165) is 107 Å². The number of fused-ring (bicyclic) bond motifs is 1. The molecule has 59 heavy (non-hydrogen) atoms. The number of piperidine rings is 1. The molecule has 0 aliphatic carbocycles. The predicted octanol–water partition coefficient (Wildman–Crippen LogP) is 8.79. The highest BCUT2D eigenvalue weighted by atomic mass is 32.1. The average molecular weight is 815 g/mol. The molecule has 0 spiro atoms. The standard InChI is InChI=1S/C45H50N8O5S/c1-27(2)39(50-45(56)57)43(54)52-21-9-13-33(52)42-47-26-32(49-42)35-23-38-36(58-35)24-37(59-38)29-17-15-28(16-18-29)31-25-46-41(48-31)34-14-10-22-53(34)44(55)40(30-11-5-3-6-12-30)51-19-7-4-8-20-51/h3,5-6,11-12,15-18,23-27,33-34,39-40,50H,4,7-10,13-14,19-22H2,1-2H3,(H,46,48)(H,47,49)(H,56,57)/t33?,34-,39-,40+/m0/s1. The summed E-state index contributed by atoms with van der Waals surface area (Å²) in [5.74, 6) is 1.90. The van der Waals surface area contributed by atoms with Crippen LogP contribution in [0.2, 0.25) is 0 Å². The number of nitrogens with one attached hydrogen (secondary N) is 3. The smallest absolute Gasteiger partial charge is 0.405 e. The van der Waals surface area contributed by atoms with E-state index in [0.29, 0.717) is 18.1 Å². The van der Waals surface area contributed by atoms with Crippen molar-refractivity contribution in [1.29, 1.82) is 0 Å². The van der Waals surface area contributed by atoms with Crippen LogP contribution in [0, 0.1) is 5.92 Å². The number of likely N-dealkylation sites (tertiary alicyclic amines) is 3. The fourth-order valence-corrected chi connectivity index (χ4v) is 10.2. The lowest BCUT2D eigenvalue weighted by molar-refractivity contribution is -0.139. The number of nitrogens with zero attached hydrogens (tertiary/aromatic N) is 5. The van der Waals surface area contributed by atoms with Crippen molar-refractivity contribution in [3.8, 4) is 33.2 Å². The van der Waals surface area contributed by atoms with Gasteiger partial charge in [0.15, 0.2) is 5.76 Å². The van der Waals surface area contributed by atoms with Crippen molar-refractivity contribution in [3.63, 3.8) is 0 Å². The Hall–Kier alpha value is -5.73. The first-order chi connectivity index (χ1) is 28.7. The van der Waals surface area contributed by atoms with E-state index in [1.54, 1.807) is 22.4 Å². The molecule has 6 aromatic rings. The van der Waals surface area contributed by atoms with Gasteiger partial charge in [0.1, 0.15) is 35.0 Å². The third-order valence-electron chi connectivity index (χ3n) is 12.2. The van der Waals surface area contributed by atoms with Crippen LogP contribution in [0.3, 0.4) is 0 Å². The van der Waals surface area contributed by atoms with E-state index < -0.39 is 12.1 Å². The first kappa shape index (κ1) is 38.8. The summed E-state index contributed by atoms with van der Waals surface area (Å²) < 4.78 is 7.31. The minimum absolute atomic E-state index is 0.0848. The zero-order valence-electron chi connectivity index (χ0n) is 33.4. The van der Waals surface area contributed by atoms with E-state index in [4.69, 9.17) is 9.40 Å². The van der Waals surface area contributed by atoms with Gasteiger partial charge in [0, 0.05) is 30.1 Å². The first-order valence-corrected chi connectivity index (χ1v) is 21.7. The van der Waals surface area contributed by atoms with Gasteiger partial charge in [0.2, 0.25) is 11.8 Å². The zero-order chi connectivity index (χ0) is 40.6. The highest BCUT2D eigenvalue weighted by Crippen LogP contribution is 2.40. The van der Waals surface area contributed by atoms with E-state index in [-0.39, 0.29) is 35.9 Å². The highest BCUT2D eigenvalue weighted by molar-refractivity contribution is 7.22. The number of hydrogen-bond acceptors (Lipinski definition) is 8. The van der Waals surface area contributed by atoms with Crippen LogP contribution in [-0.4, -0.2) is 89.9 Å². The summed E-state index contributed by atoms with van der Waals surface area (Å²) in [6.07, 6.45) is 9.25. The Morgan fingerprint density at radius 2 is 1.41 bits per heavy atom. The number of imidazole rings is 2.